The van der Waals surface area contributed by atoms with Gasteiger partial charge in [-0.15, -0.1) is 0 Å². The summed E-state index contributed by atoms with van der Waals surface area (Å²) in [4.78, 5) is 13.4. The van der Waals surface area contributed by atoms with E-state index in [9.17, 15) is 4.39 Å². The van der Waals surface area contributed by atoms with Gasteiger partial charge in [-0.05, 0) is 29.0 Å². The van der Waals surface area contributed by atoms with E-state index < -0.39 is 0 Å². The lowest BCUT2D eigenvalue weighted by Crippen LogP contribution is -2.45. The minimum Gasteiger partial charge on any atom is -0.338 e. The molecule has 1 aromatic carbocycles. The minimum atomic E-state index is -0.326. The number of fused-ring (bicyclic) bond motifs is 3. The smallest absolute Gasteiger partial charge is 0.229 e. The fourth-order valence-corrected chi connectivity index (χ4v) is 3.09. The second-order valence-electron chi connectivity index (χ2n) is 5.48. The van der Waals surface area contributed by atoms with Crippen molar-refractivity contribution >= 4 is 38.4 Å². The molecule has 1 fully saturated rings. The molecule has 0 radical (unpaired) electrons. The lowest BCUT2D eigenvalue weighted by atomic mass is 10.2. The summed E-state index contributed by atoms with van der Waals surface area (Å²) in [5, 5.41) is 5.07. The number of anilines is 1. The first-order valence-electron chi connectivity index (χ1n) is 7.05. The van der Waals surface area contributed by atoms with Gasteiger partial charge in [-0.1, -0.05) is 0 Å². The van der Waals surface area contributed by atoms with Crippen LogP contribution >= 0.6 is 15.9 Å². The Morgan fingerprint density at radius 3 is 2.73 bits per heavy atom. The van der Waals surface area contributed by atoms with Crippen LogP contribution in [0.15, 0.2) is 22.9 Å². The Balaban J connectivity index is 1.93. The predicted octanol–water partition coefficient (Wildman–Crippen LogP) is 1.93. The van der Waals surface area contributed by atoms with E-state index in [1.54, 1.807) is 10.6 Å². The summed E-state index contributed by atoms with van der Waals surface area (Å²) in [7, 11) is 2.10. The van der Waals surface area contributed by atoms with E-state index in [1.165, 1.54) is 12.4 Å². The second-order valence-corrected chi connectivity index (χ2v) is 6.34. The molecule has 0 spiro atoms. The normalized spacial score (nSPS) is 16.8. The van der Waals surface area contributed by atoms with E-state index in [2.05, 4.69) is 47.8 Å². The van der Waals surface area contributed by atoms with E-state index in [-0.39, 0.29) is 5.82 Å². The van der Waals surface area contributed by atoms with Gasteiger partial charge in [-0.25, -0.2) is 14.4 Å². The molecule has 1 aliphatic rings. The van der Waals surface area contributed by atoms with Crippen LogP contribution in [-0.4, -0.2) is 57.7 Å². The number of benzene rings is 1. The maximum atomic E-state index is 13.8. The number of nitrogens with zero attached hydrogens (tertiary/aromatic N) is 6. The molecule has 0 aliphatic carbocycles. The van der Waals surface area contributed by atoms with Crippen LogP contribution in [0.25, 0.3) is 16.6 Å². The van der Waals surface area contributed by atoms with Gasteiger partial charge in [-0.3, -0.25) is 0 Å². The zero-order valence-electron chi connectivity index (χ0n) is 12.0. The largest absolute Gasteiger partial charge is 0.338 e. The van der Waals surface area contributed by atoms with Gasteiger partial charge in [-0.2, -0.15) is 9.61 Å². The van der Waals surface area contributed by atoms with Crippen LogP contribution in [0.3, 0.4) is 0 Å². The van der Waals surface area contributed by atoms with E-state index in [4.69, 9.17) is 0 Å². The molecule has 3 aromatic rings. The zero-order chi connectivity index (χ0) is 15.3. The standard InChI is InChI=1S/C14H14BrFN6/c1-20-2-4-21(5-3-20)14-19-12-7-11(16)10(15)6-9(12)13-17-8-18-22(13)14/h6-8H,2-5H2,1H3. The van der Waals surface area contributed by atoms with Crippen LogP contribution in [0.1, 0.15) is 0 Å². The molecule has 8 heteroatoms. The van der Waals surface area contributed by atoms with Crippen molar-refractivity contribution in [2.75, 3.05) is 38.1 Å². The molecular weight excluding hydrogens is 351 g/mol. The molecule has 2 aromatic heterocycles. The lowest BCUT2D eigenvalue weighted by molar-refractivity contribution is 0.310. The van der Waals surface area contributed by atoms with Crippen LogP contribution < -0.4 is 4.90 Å². The van der Waals surface area contributed by atoms with Crippen LogP contribution in [0.2, 0.25) is 0 Å². The van der Waals surface area contributed by atoms with Crippen LogP contribution in [0.4, 0.5) is 10.3 Å². The highest BCUT2D eigenvalue weighted by atomic mass is 79.9. The van der Waals surface area contributed by atoms with E-state index in [0.717, 1.165) is 37.5 Å². The van der Waals surface area contributed by atoms with Crippen molar-refractivity contribution in [2.24, 2.45) is 0 Å². The number of halogens is 2. The lowest BCUT2D eigenvalue weighted by Gasteiger charge is -2.33. The molecule has 0 saturated carbocycles. The van der Waals surface area contributed by atoms with Gasteiger partial charge in [0.1, 0.15) is 12.1 Å². The maximum Gasteiger partial charge on any atom is 0.229 e. The number of aromatic nitrogens is 4. The van der Waals surface area contributed by atoms with Gasteiger partial charge in [0.25, 0.3) is 0 Å². The molecule has 6 nitrogen and oxygen atoms in total. The third-order valence-corrected chi connectivity index (χ3v) is 4.63. The molecule has 1 aliphatic heterocycles. The van der Waals surface area contributed by atoms with E-state index in [1.807, 2.05) is 0 Å². The monoisotopic (exact) mass is 364 g/mol. The molecule has 22 heavy (non-hydrogen) atoms. The molecule has 0 bridgehead atoms. The van der Waals surface area contributed by atoms with Gasteiger partial charge in [0.15, 0.2) is 5.65 Å². The second kappa shape index (κ2) is 5.13. The summed E-state index contributed by atoms with van der Waals surface area (Å²) in [6.45, 7) is 3.65. The third-order valence-electron chi connectivity index (χ3n) is 4.02. The molecular formula is C14H14BrFN6. The quantitative estimate of drug-likeness (QED) is 0.660. The Bertz CT molecular complexity index is 855. The van der Waals surface area contributed by atoms with Gasteiger partial charge >= 0.3 is 0 Å². The first-order chi connectivity index (χ1) is 10.6. The first-order valence-corrected chi connectivity index (χ1v) is 7.85. The number of hydrogen-bond donors (Lipinski definition) is 0. The third kappa shape index (κ3) is 2.14. The topological polar surface area (TPSA) is 49.6 Å². The molecule has 0 amide bonds. The Hall–Kier alpha value is -1.80. The summed E-state index contributed by atoms with van der Waals surface area (Å²) in [6.07, 6.45) is 1.51. The average Bonchev–Trinajstić information content (AvgIpc) is 2.99. The summed E-state index contributed by atoms with van der Waals surface area (Å²) in [5.41, 5.74) is 1.29. The average molecular weight is 365 g/mol. The van der Waals surface area contributed by atoms with Crippen molar-refractivity contribution in [1.82, 2.24) is 24.5 Å². The van der Waals surface area contributed by atoms with Crippen molar-refractivity contribution in [3.63, 3.8) is 0 Å². The van der Waals surface area contributed by atoms with Crippen molar-refractivity contribution < 1.29 is 4.39 Å². The Morgan fingerprint density at radius 1 is 1.18 bits per heavy atom. The molecule has 1 saturated heterocycles. The Morgan fingerprint density at radius 2 is 1.95 bits per heavy atom. The number of rotatable bonds is 1. The summed E-state index contributed by atoms with van der Waals surface area (Å²) >= 11 is 3.22. The SMILES string of the molecule is CN1CCN(c2nc3cc(F)c(Br)cc3c3ncnn23)CC1. The van der Waals surface area contributed by atoms with Gasteiger partial charge in [0.05, 0.1) is 9.99 Å². The Labute approximate surface area is 134 Å². The predicted molar refractivity (Wildman–Crippen MR) is 85.7 cm³/mol. The summed E-state index contributed by atoms with van der Waals surface area (Å²) in [6, 6.07) is 3.14. The zero-order valence-corrected chi connectivity index (χ0v) is 13.6. The number of piperazine rings is 1. The molecule has 3 heterocycles. The summed E-state index contributed by atoms with van der Waals surface area (Å²) < 4.78 is 16.0. The van der Waals surface area contributed by atoms with E-state index >= 15 is 0 Å². The number of likely N-dealkylation sites (N-methyl/N-ethyl adjacent to an activating group) is 1. The number of hydrogen-bond acceptors (Lipinski definition) is 5. The molecule has 0 atom stereocenters. The minimum absolute atomic E-state index is 0.326. The van der Waals surface area contributed by atoms with Crippen LogP contribution in [-0.2, 0) is 0 Å². The highest BCUT2D eigenvalue weighted by molar-refractivity contribution is 9.10. The van der Waals surface area contributed by atoms with Gasteiger partial charge in [0, 0.05) is 37.6 Å². The Kier molecular flexibility index (Phi) is 3.23. The fraction of sp³-hybridized carbons (Fsp3) is 0.357. The van der Waals surface area contributed by atoms with Crippen molar-refractivity contribution in [3.8, 4) is 0 Å². The van der Waals surface area contributed by atoms with Gasteiger partial charge in [0.2, 0.25) is 5.95 Å². The first kappa shape index (κ1) is 13.8. The van der Waals surface area contributed by atoms with E-state index in [0.29, 0.717) is 15.6 Å². The fourth-order valence-electron chi connectivity index (χ4n) is 2.75. The van der Waals surface area contributed by atoms with Crippen molar-refractivity contribution in [2.45, 2.75) is 0 Å². The molecule has 0 N–H and O–H groups in total. The summed E-state index contributed by atoms with van der Waals surface area (Å²) in [5.74, 6) is 0.392. The van der Waals surface area contributed by atoms with Crippen LogP contribution in [0, 0.1) is 5.82 Å². The van der Waals surface area contributed by atoms with Gasteiger partial charge < -0.3 is 9.80 Å². The molecule has 4 rings (SSSR count). The van der Waals surface area contributed by atoms with Crippen LogP contribution in [0.5, 0.6) is 0 Å². The highest BCUT2D eigenvalue weighted by Crippen LogP contribution is 2.27. The van der Waals surface area contributed by atoms with Crippen molar-refractivity contribution in [1.29, 1.82) is 0 Å². The molecule has 0 unspecified atom stereocenters. The van der Waals surface area contributed by atoms with Crippen molar-refractivity contribution in [3.05, 3.63) is 28.7 Å². The maximum absolute atomic E-state index is 13.8. The molecule has 114 valence electrons. The highest BCUT2D eigenvalue weighted by Gasteiger charge is 2.20.